The summed E-state index contributed by atoms with van der Waals surface area (Å²) in [5.41, 5.74) is 1.53. The number of rotatable bonds is 6. The van der Waals surface area contributed by atoms with E-state index in [0.717, 1.165) is 12.8 Å². The third-order valence-electron chi connectivity index (χ3n) is 2.50. The van der Waals surface area contributed by atoms with E-state index in [1.807, 2.05) is 6.92 Å². The second-order valence-corrected chi connectivity index (χ2v) is 4.30. The molecule has 1 rings (SSSR count). The van der Waals surface area contributed by atoms with E-state index in [4.69, 9.17) is 4.74 Å². The highest BCUT2D eigenvalue weighted by Gasteiger charge is 2.07. The van der Waals surface area contributed by atoms with Gasteiger partial charge in [0.15, 0.2) is 0 Å². The standard InChI is InChI=1S/C15H19NO3/c1-4-5-10-19-15(18)12-6-8-13(9-7-12)16-14(17)11(2)3/h6-9H,2,4-5,10H2,1,3H3,(H,16,17). The van der Waals surface area contributed by atoms with Gasteiger partial charge in [0, 0.05) is 11.3 Å². The van der Waals surface area contributed by atoms with Gasteiger partial charge in [-0.25, -0.2) is 4.79 Å². The van der Waals surface area contributed by atoms with Crippen LogP contribution in [0.5, 0.6) is 0 Å². The van der Waals surface area contributed by atoms with Gasteiger partial charge in [-0.15, -0.1) is 0 Å². The van der Waals surface area contributed by atoms with Crippen LogP contribution in [-0.2, 0) is 9.53 Å². The molecule has 0 aliphatic carbocycles. The summed E-state index contributed by atoms with van der Waals surface area (Å²) in [7, 11) is 0. The minimum atomic E-state index is -0.341. The second kappa shape index (κ2) is 7.36. The van der Waals surface area contributed by atoms with Crippen LogP contribution in [0.1, 0.15) is 37.0 Å². The Bertz CT molecular complexity index is 463. The molecule has 102 valence electrons. The Morgan fingerprint density at radius 1 is 1.26 bits per heavy atom. The summed E-state index contributed by atoms with van der Waals surface area (Å²) in [6.07, 6.45) is 1.84. The molecule has 0 aromatic heterocycles. The summed E-state index contributed by atoms with van der Waals surface area (Å²) in [6.45, 7) is 7.65. The molecule has 4 nitrogen and oxygen atoms in total. The Hall–Kier alpha value is -2.10. The van der Waals surface area contributed by atoms with Gasteiger partial charge in [0.05, 0.1) is 12.2 Å². The van der Waals surface area contributed by atoms with Crippen LogP contribution in [0.2, 0.25) is 0 Å². The number of benzene rings is 1. The number of carbonyl (C=O) groups excluding carboxylic acids is 2. The van der Waals surface area contributed by atoms with Crippen LogP contribution in [0.15, 0.2) is 36.4 Å². The number of amides is 1. The lowest BCUT2D eigenvalue weighted by Gasteiger charge is -2.06. The van der Waals surface area contributed by atoms with E-state index in [1.165, 1.54) is 0 Å². The summed E-state index contributed by atoms with van der Waals surface area (Å²) in [5, 5.41) is 2.67. The zero-order chi connectivity index (χ0) is 14.3. The van der Waals surface area contributed by atoms with Crippen molar-refractivity contribution in [3.8, 4) is 0 Å². The molecule has 0 heterocycles. The van der Waals surface area contributed by atoms with Crippen LogP contribution in [-0.4, -0.2) is 18.5 Å². The zero-order valence-electron chi connectivity index (χ0n) is 11.4. The normalized spacial score (nSPS) is 9.79. The number of carbonyl (C=O) groups is 2. The molecule has 0 aliphatic rings. The Balaban J connectivity index is 2.58. The highest BCUT2D eigenvalue weighted by molar-refractivity contribution is 6.03. The molecule has 0 radical (unpaired) electrons. The van der Waals surface area contributed by atoms with Crippen LogP contribution >= 0.6 is 0 Å². The average molecular weight is 261 g/mol. The van der Waals surface area contributed by atoms with Gasteiger partial charge in [-0.2, -0.15) is 0 Å². The maximum absolute atomic E-state index is 11.6. The molecule has 4 heteroatoms. The summed E-state index contributed by atoms with van der Waals surface area (Å²) < 4.78 is 5.09. The Labute approximate surface area is 113 Å². The van der Waals surface area contributed by atoms with Crippen molar-refractivity contribution in [2.24, 2.45) is 0 Å². The first-order valence-corrected chi connectivity index (χ1v) is 6.28. The summed E-state index contributed by atoms with van der Waals surface area (Å²) in [4.78, 5) is 23.0. The number of anilines is 1. The summed E-state index contributed by atoms with van der Waals surface area (Å²) >= 11 is 0. The SMILES string of the molecule is C=C(C)C(=O)Nc1ccc(C(=O)OCCCC)cc1. The van der Waals surface area contributed by atoms with Gasteiger partial charge in [-0.3, -0.25) is 4.79 Å². The third-order valence-corrected chi connectivity index (χ3v) is 2.50. The Morgan fingerprint density at radius 2 is 1.89 bits per heavy atom. The van der Waals surface area contributed by atoms with Crippen molar-refractivity contribution in [1.29, 1.82) is 0 Å². The Kier molecular flexibility index (Phi) is 5.79. The van der Waals surface area contributed by atoms with Crippen molar-refractivity contribution in [2.75, 3.05) is 11.9 Å². The van der Waals surface area contributed by atoms with Crippen LogP contribution in [0.4, 0.5) is 5.69 Å². The second-order valence-electron chi connectivity index (χ2n) is 4.30. The van der Waals surface area contributed by atoms with Crippen molar-refractivity contribution >= 4 is 17.6 Å². The van der Waals surface area contributed by atoms with Gasteiger partial charge in [0.1, 0.15) is 0 Å². The lowest BCUT2D eigenvalue weighted by atomic mass is 10.2. The van der Waals surface area contributed by atoms with E-state index in [2.05, 4.69) is 11.9 Å². The molecule has 1 aromatic carbocycles. The quantitative estimate of drug-likeness (QED) is 0.486. The minimum absolute atomic E-state index is 0.238. The number of unbranched alkanes of at least 4 members (excludes halogenated alkanes) is 1. The van der Waals surface area contributed by atoms with Crippen LogP contribution in [0.25, 0.3) is 0 Å². The van der Waals surface area contributed by atoms with E-state index < -0.39 is 0 Å². The lowest BCUT2D eigenvalue weighted by molar-refractivity contribution is -0.112. The van der Waals surface area contributed by atoms with Crippen LogP contribution in [0, 0.1) is 0 Å². The van der Waals surface area contributed by atoms with Gasteiger partial charge in [-0.1, -0.05) is 19.9 Å². The molecule has 0 saturated carbocycles. The minimum Gasteiger partial charge on any atom is -0.462 e. The van der Waals surface area contributed by atoms with Gasteiger partial charge in [-0.05, 0) is 37.6 Å². The fourth-order valence-corrected chi connectivity index (χ4v) is 1.32. The van der Waals surface area contributed by atoms with E-state index in [0.29, 0.717) is 23.4 Å². The number of hydrogen-bond donors (Lipinski definition) is 1. The van der Waals surface area contributed by atoms with Crippen molar-refractivity contribution in [2.45, 2.75) is 26.7 Å². The van der Waals surface area contributed by atoms with E-state index in [9.17, 15) is 9.59 Å². The molecule has 0 saturated heterocycles. The summed E-state index contributed by atoms with van der Waals surface area (Å²) in [6, 6.07) is 6.58. The van der Waals surface area contributed by atoms with E-state index in [-0.39, 0.29) is 11.9 Å². The number of hydrogen-bond acceptors (Lipinski definition) is 3. The molecule has 1 N–H and O–H groups in total. The predicted molar refractivity (Wildman–Crippen MR) is 75.1 cm³/mol. The fourth-order valence-electron chi connectivity index (χ4n) is 1.32. The number of ether oxygens (including phenoxy) is 1. The lowest BCUT2D eigenvalue weighted by Crippen LogP contribution is -2.12. The highest BCUT2D eigenvalue weighted by atomic mass is 16.5. The predicted octanol–water partition coefficient (Wildman–Crippen LogP) is 3.16. The Morgan fingerprint density at radius 3 is 2.42 bits per heavy atom. The van der Waals surface area contributed by atoms with Crippen molar-refractivity contribution in [1.82, 2.24) is 0 Å². The molecule has 19 heavy (non-hydrogen) atoms. The highest BCUT2D eigenvalue weighted by Crippen LogP contribution is 2.11. The van der Waals surface area contributed by atoms with Gasteiger partial charge in [0.2, 0.25) is 0 Å². The van der Waals surface area contributed by atoms with Crippen molar-refractivity contribution in [3.63, 3.8) is 0 Å². The number of esters is 1. The fraction of sp³-hybridized carbons (Fsp3) is 0.333. The largest absolute Gasteiger partial charge is 0.462 e. The first kappa shape index (κ1) is 15.0. The van der Waals surface area contributed by atoms with Gasteiger partial charge < -0.3 is 10.1 Å². The maximum Gasteiger partial charge on any atom is 0.338 e. The van der Waals surface area contributed by atoms with Crippen molar-refractivity contribution in [3.05, 3.63) is 42.0 Å². The van der Waals surface area contributed by atoms with Crippen molar-refractivity contribution < 1.29 is 14.3 Å². The third kappa shape index (κ3) is 4.95. The molecule has 0 fully saturated rings. The maximum atomic E-state index is 11.6. The van der Waals surface area contributed by atoms with Gasteiger partial charge >= 0.3 is 5.97 Å². The molecule has 0 atom stereocenters. The monoisotopic (exact) mass is 261 g/mol. The van der Waals surface area contributed by atoms with Gasteiger partial charge in [0.25, 0.3) is 5.91 Å². The van der Waals surface area contributed by atoms with E-state index >= 15 is 0 Å². The van der Waals surface area contributed by atoms with Crippen LogP contribution in [0.3, 0.4) is 0 Å². The topological polar surface area (TPSA) is 55.4 Å². The molecule has 0 bridgehead atoms. The molecule has 1 amide bonds. The molecule has 0 aliphatic heterocycles. The molecule has 1 aromatic rings. The van der Waals surface area contributed by atoms with E-state index in [1.54, 1.807) is 31.2 Å². The first-order chi connectivity index (χ1) is 9.04. The molecular weight excluding hydrogens is 242 g/mol. The average Bonchev–Trinajstić information content (AvgIpc) is 2.39. The summed E-state index contributed by atoms with van der Waals surface area (Å²) in [5.74, 6) is -0.579. The number of nitrogens with one attached hydrogen (secondary N) is 1. The zero-order valence-corrected chi connectivity index (χ0v) is 11.4. The first-order valence-electron chi connectivity index (χ1n) is 6.28. The smallest absolute Gasteiger partial charge is 0.338 e. The molecular formula is C15H19NO3. The molecule has 0 unspecified atom stereocenters. The van der Waals surface area contributed by atoms with Crippen LogP contribution < -0.4 is 5.32 Å². The molecule has 0 spiro atoms.